The van der Waals surface area contributed by atoms with Gasteiger partial charge in [-0.2, -0.15) is 0 Å². The number of amides is 1. The van der Waals surface area contributed by atoms with Crippen molar-refractivity contribution in [3.05, 3.63) is 28.2 Å². The summed E-state index contributed by atoms with van der Waals surface area (Å²) in [5, 5.41) is 2.90. The third kappa shape index (κ3) is 2.69. The van der Waals surface area contributed by atoms with E-state index in [0.29, 0.717) is 0 Å². The van der Waals surface area contributed by atoms with Gasteiger partial charge in [0.15, 0.2) is 0 Å². The van der Waals surface area contributed by atoms with Gasteiger partial charge in [0, 0.05) is 10.2 Å². The molecule has 0 aromatic heterocycles. The smallest absolute Gasteiger partial charge is 0.244 e. The second-order valence-corrected chi connectivity index (χ2v) is 5.64. The van der Waals surface area contributed by atoms with Gasteiger partial charge in [-0.1, -0.05) is 34.8 Å². The van der Waals surface area contributed by atoms with Crippen molar-refractivity contribution in [2.75, 3.05) is 5.32 Å². The molecular weight excluding hydrogens is 280 g/mol. The van der Waals surface area contributed by atoms with Crippen molar-refractivity contribution in [2.45, 2.75) is 38.1 Å². The van der Waals surface area contributed by atoms with Gasteiger partial charge in [-0.05, 0) is 37.5 Å². The number of anilines is 1. The molecule has 0 spiro atoms. The minimum atomic E-state index is -0.669. The van der Waals surface area contributed by atoms with E-state index in [4.69, 9.17) is 5.73 Å². The molecule has 3 N–H and O–H groups in total. The van der Waals surface area contributed by atoms with Gasteiger partial charge in [0.25, 0.3) is 0 Å². The molecule has 0 bridgehead atoms. The van der Waals surface area contributed by atoms with E-state index >= 15 is 0 Å². The standard InChI is InChI=1S/C13H17BrN2O/c1-9-4-5-10(8-11(9)14)16-12(17)13(15)6-2-3-7-13/h4-5,8H,2-3,6-7,15H2,1H3,(H,16,17). The molecule has 0 unspecified atom stereocenters. The molecule has 0 radical (unpaired) electrons. The quantitative estimate of drug-likeness (QED) is 0.881. The van der Waals surface area contributed by atoms with E-state index < -0.39 is 5.54 Å². The summed E-state index contributed by atoms with van der Waals surface area (Å²) in [6, 6.07) is 5.78. The molecule has 1 amide bonds. The summed E-state index contributed by atoms with van der Waals surface area (Å²) in [5.74, 6) is -0.0641. The van der Waals surface area contributed by atoms with Crippen LogP contribution in [0.5, 0.6) is 0 Å². The Hall–Kier alpha value is -0.870. The molecule has 17 heavy (non-hydrogen) atoms. The fraction of sp³-hybridized carbons (Fsp3) is 0.462. The summed E-state index contributed by atoms with van der Waals surface area (Å²) in [5.41, 5.74) is 7.37. The Balaban J connectivity index is 2.10. The Labute approximate surface area is 110 Å². The highest BCUT2D eigenvalue weighted by Crippen LogP contribution is 2.29. The van der Waals surface area contributed by atoms with Crippen LogP contribution in [0.25, 0.3) is 0 Å². The Morgan fingerprint density at radius 2 is 2.06 bits per heavy atom. The maximum absolute atomic E-state index is 12.1. The molecule has 1 aliphatic rings. The topological polar surface area (TPSA) is 55.1 Å². The van der Waals surface area contributed by atoms with Gasteiger partial charge in [-0.15, -0.1) is 0 Å². The van der Waals surface area contributed by atoms with Crippen LogP contribution in [0.15, 0.2) is 22.7 Å². The first-order valence-electron chi connectivity index (χ1n) is 5.88. The van der Waals surface area contributed by atoms with Crippen LogP contribution in [0.1, 0.15) is 31.2 Å². The first-order chi connectivity index (χ1) is 8.01. The van der Waals surface area contributed by atoms with Crippen molar-refractivity contribution < 1.29 is 4.79 Å². The predicted octanol–water partition coefficient (Wildman–Crippen LogP) is 2.97. The average Bonchev–Trinajstić information content (AvgIpc) is 2.72. The molecule has 2 rings (SSSR count). The normalized spacial score (nSPS) is 18.1. The lowest BCUT2D eigenvalue weighted by Crippen LogP contribution is -2.48. The summed E-state index contributed by atoms with van der Waals surface area (Å²) < 4.78 is 0.993. The van der Waals surface area contributed by atoms with Gasteiger partial charge in [0.1, 0.15) is 0 Å². The van der Waals surface area contributed by atoms with E-state index in [-0.39, 0.29) is 5.91 Å². The Bertz CT molecular complexity index is 439. The van der Waals surface area contributed by atoms with E-state index in [9.17, 15) is 4.79 Å². The average molecular weight is 297 g/mol. The predicted molar refractivity (Wildman–Crippen MR) is 72.9 cm³/mol. The lowest BCUT2D eigenvalue weighted by molar-refractivity contribution is -0.121. The van der Waals surface area contributed by atoms with Gasteiger partial charge in [0.2, 0.25) is 5.91 Å². The molecule has 0 heterocycles. The number of nitrogens with two attached hydrogens (primary N) is 1. The van der Waals surface area contributed by atoms with Crippen LogP contribution in [0.4, 0.5) is 5.69 Å². The van der Waals surface area contributed by atoms with Crippen LogP contribution in [-0.2, 0) is 4.79 Å². The minimum Gasteiger partial charge on any atom is -0.324 e. The van der Waals surface area contributed by atoms with Crippen LogP contribution in [0.2, 0.25) is 0 Å². The Morgan fingerprint density at radius 1 is 1.41 bits per heavy atom. The third-order valence-corrected chi connectivity index (χ3v) is 4.23. The summed E-state index contributed by atoms with van der Waals surface area (Å²) in [6.07, 6.45) is 3.65. The second-order valence-electron chi connectivity index (χ2n) is 4.78. The molecule has 0 saturated heterocycles. The third-order valence-electron chi connectivity index (χ3n) is 3.38. The Morgan fingerprint density at radius 3 is 2.65 bits per heavy atom. The first kappa shape index (κ1) is 12.6. The number of carbonyl (C=O) groups excluding carboxylic acids is 1. The fourth-order valence-corrected chi connectivity index (χ4v) is 2.54. The van der Waals surface area contributed by atoms with Crippen LogP contribution < -0.4 is 11.1 Å². The van der Waals surface area contributed by atoms with Crippen molar-refractivity contribution in [3.63, 3.8) is 0 Å². The summed E-state index contributed by atoms with van der Waals surface area (Å²) >= 11 is 3.45. The maximum Gasteiger partial charge on any atom is 0.244 e. The van der Waals surface area contributed by atoms with Gasteiger partial charge >= 0.3 is 0 Å². The maximum atomic E-state index is 12.1. The summed E-state index contributed by atoms with van der Waals surface area (Å²) in [4.78, 5) is 12.1. The molecule has 1 saturated carbocycles. The van der Waals surface area contributed by atoms with E-state index in [0.717, 1.165) is 41.4 Å². The van der Waals surface area contributed by atoms with E-state index in [1.807, 2.05) is 25.1 Å². The SMILES string of the molecule is Cc1ccc(NC(=O)C2(N)CCCC2)cc1Br. The number of hydrogen-bond acceptors (Lipinski definition) is 2. The van der Waals surface area contributed by atoms with Crippen LogP contribution in [0, 0.1) is 6.92 Å². The molecule has 1 aromatic carbocycles. The van der Waals surface area contributed by atoms with E-state index in [1.165, 1.54) is 0 Å². The lowest BCUT2D eigenvalue weighted by Gasteiger charge is -2.22. The van der Waals surface area contributed by atoms with Crippen molar-refractivity contribution in [1.82, 2.24) is 0 Å². The van der Waals surface area contributed by atoms with E-state index in [1.54, 1.807) is 0 Å². The molecule has 3 nitrogen and oxygen atoms in total. The van der Waals surface area contributed by atoms with Gasteiger partial charge in [-0.3, -0.25) is 4.79 Å². The number of carbonyl (C=O) groups is 1. The number of hydrogen-bond donors (Lipinski definition) is 2. The largest absolute Gasteiger partial charge is 0.324 e. The molecular formula is C13H17BrN2O. The lowest BCUT2D eigenvalue weighted by atomic mass is 9.98. The minimum absolute atomic E-state index is 0.0641. The van der Waals surface area contributed by atoms with Crippen LogP contribution >= 0.6 is 15.9 Å². The summed E-state index contributed by atoms with van der Waals surface area (Å²) in [6.45, 7) is 2.01. The zero-order valence-electron chi connectivity index (χ0n) is 9.92. The van der Waals surface area contributed by atoms with Crippen molar-refractivity contribution in [3.8, 4) is 0 Å². The summed E-state index contributed by atoms with van der Waals surface area (Å²) in [7, 11) is 0. The van der Waals surface area contributed by atoms with Crippen LogP contribution in [0.3, 0.4) is 0 Å². The second kappa shape index (κ2) is 4.78. The Kier molecular flexibility index (Phi) is 3.54. The highest BCUT2D eigenvalue weighted by molar-refractivity contribution is 9.10. The molecule has 1 aliphatic carbocycles. The zero-order chi connectivity index (χ0) is 12.5. The zero-order valence-corrected chi connectivity index (χ0v) is 11.5. The fourth-order valence-electron chi connectivity index (χ4n) is 2.16. The molecule has 1 aromatic rings. The first-order valence-corrected chi connectivity index (χ1v) is 6.67. The van der Waals surface area contributed by atoms with Gasteiger partial charge in [-0.25, -0.2) is 0 Å². The van der Waals surface area contributed by atoms with Gasteiger partial charge in [0.05, 0.1) is 5.54 Å². The number of nitrogens with one attached hydrogen (secondary N) is 1. The van der Waals surface area contributed by atoms with Crippen molar-refractivity contribution >= 4 is 27.5 Å². The highest BCUT2D eigenvalue weighted by atomic mass is 79.9. The van der Waals surface area contributed by atoms with Crippen molar-refractivity contribution in [2.24, 2.45) is 5.73 Å². The number of benzene rings is 1. The molecule has 0 atom stereocenters. The van der Waals surface area contributed by atoms with Crippen molar-refractivity contribution in [1.29, 1.82) is 0 Å². The molecule has 92 valence electrons. The van der Waals surface area contributed by atoms with Crippen LogP contribution in [-0.4, -0.2) is 11.4 Å². The molecule has 0 aliphatic heterocycles. The van der Waals surface area contributed by atoms with Gasteiger partial charge < -0.3 is 11.1 Å². The number of halogens is 1. The highest BCUT2D eigenvalue weighted by Gasteiger charge is 2.36. The number of rotatable bonds is 2. The molecule has 1 fully saturated rings. The molecule has 4 heteroatoms. The number of aryl methyl sites for hydroxylation is 1. The van der Waals surface area contributed by atoms with E-state index in [2.05, 4.69) is 21.2 Å². The monoisotopic (exact) mass is 296 g/mol.